The van der Waals surface area contributed by atoms with Crippen LogP contribution in [0.2, 0.25) is 0 Å². The first-order valence-corrected chi connectivity index (χ1v) is 51.2. The Morgan fingerprint density at radius 2 is 0.292 bits per heavy atom. The maximum Gasteiger partial charge on any atom is 0.179 e. The molecule has 612 valence electrons. The average molecular weight is 1700 g/mol. The lowest BCUT2D eigenvalue weighted by atomic mass is 9.66. The fourth-order valence-corrected chi connectivity index (χ4v) is 35.6. The van der Waals surface area contributed by atoms with Crippen LogP contribution in [0.5, 0.6) is 0 Å². The molecule has 0 aliphatic heterocycles. The lowest BCUT2D eigenvalue weighted by molar-refractivity contribution is 0.769. The summed E-state index contributed by atoms with van der Waals surface area (Å²) in [6, 6.07) is 212. The van der Waals surface area contributed by atoms with E-state index in [4.69, 9.17) is 0 Å². The molecule has 0 saturated carbocycles. The minimum Gasteiger partial charge on any atom is -0.0623 e. The highest BCUT2D eigenvalue weighted by Crippen LogP contribution is 2.58. The van der Waals surface area contributed by atoms with Gasteiger partial charge in [0.1, 0.15) is 0 Å². The first-order valence-electron chi connectivity index (χ1n) is 45.2. The maximum absolute atomic E-state index is 3.17. The molecule has 21 aromatic carbocycles. The summed E-state index contributed by atoms with van der Waals surface area (Å²) in [4.78, 5) is 0. The number of fused-ring (bicyclic) bond motifs is 3. The van der Waals surface area contributed by atoms with Gasteiger partial charge in [-0.1, -0.05) is 497 Å². The van der Waals surface area contributed by atoms with E-state index in [0.29, 0.717) is 0 Å². The summed E-state index contributed by atoms with van der Waals surface area (Å²) in [5.41, 5.74) is 25.2. The summed E-state index contributed by atoms with van der Waals surface area (Å²) in [6.07, 6.45) is 0. The van der Waals surface area contributed by atoms with Gasteiger partial charge in [-0.25, -0.2) is 0 Å². The lowest BCUT2D eigenvalue weighted by Crippen LogP contribution is -2.77. The number of benzene rings is 21. The largest absolute Gasteiger partial charge is 0.179 e. The van der Waals surface area contributed by atoms with Gasteiger partial charge in [0.2, 0.25) is 0 Å². The second-order valence-corrected chi connectivity index (χ2v) is 45.8. The van der Waals surface area contributed by atoms with Crippen LogP contribution in [0.15, 0.2) is 558 Å². The highest BCUT2D eigenvalue weighted by molar-refractivity contribution is 7.22. The lowest BCUT2D eigenvalue weighted by Gasteiger charge is -2.38. The molecule has 0 fully saturated rings. The first-order chi connectivity index (χ1) is 64.4. The Hall–Kier alpha value is -15.7. The van der Waals surface area contributed by atoms with Crippen molar-refractivity contribution in [3.05, 3.63) is 580 Å². The summed E-state index contributed by atoms with van der Waals surface area (Å²) in [6.45, 7) is 0. The Morgan fingerprint density at radius 3 is 0.615 bits per heavy atom. The van der Waals surface area contributed by atoms with Crippen molar-refractivity contribution in [1.29, 1.82) is 0 Å². The molecule has 22 rings (SSSR count). The zero-order chi connectivity index (χ0) is 86.7. The minimum absolute atomic E-state index is 0.732. The van der Waals surface area contributed by atoms with Crippen LogP contribution in [-0.2, 0) is 5.41 Å². The second kappa shape index (κ2) is 34.9. The van der Waals surface area contributed by atoms with Gasteiger partial charge < -0.3 is 0 Å². The van der Waals surface area contributed by atoms with E-state index in [-0.39, 0.29) is 0 Å². The van der Waals surface area contributed by atoms with Crippen LogP contribution in [0.4, 0.5) is 0 Å². The molecule has 0 N–H and O–H groups in total. The fourth-order valence-electron chi connectivity index (χ4n) is 21.4. The normalized spacial score (nSPS) is 13.0. The van der Waals surface area contributed by atoms with Gasteiger partial charge in [-0.3, -0.25) is 0 Å². The molecule has 0 saturated heterocycles. The molecule has 1 unspecified atom stereocenters. The summed E-state index contributed by atoms with van der Waals surface area (Å²) in [5.74, 6) is 0. The predicted octanol–water partition coefficient (Wildman–Crippen LogP) is 23.5. The van der Waals surface area contributed by atoms with Gasteiger partial charge in [-0.2, -0.15) is 0 Å². The van der Waals surface area contributed by atoms with Crippen LogP contribution in [0, 0.1) is 0 Å². The molecule has 21 aromatic rings. The SMILES string of the molecule is c1ccc(-c2cccc(-c3cccc(C4(c5cccc(-c6cc(-c7ccccc7)cc(-c7cc(-c8ccccc8)cc(-c8ccc([Si](c9ccccc9)(c9ccccc9)c9ccc([Si](c%10ccccc%10)(c%10ccccc%10)c%10ccc([Si](c%11ccccc%11)(c%11ccccc%11)c%11ccccc%11)cc%10)cc9)cc8)c7)c6)c5)c5ccccc5-c5ccc(-c6ccccc6)cc54)c3)c2)cc1. The van der Waals surface area contributed by atoms with Gasteiger partial charge >= 0.3 is 0 Å². The van der Waals surface area contributed by atoms with Crippen molar-refractivity contribution in [1.82, 2.24) is 0 Å². The molecule has 130 heavy (non-hydrogen) atoms. The first kappa shape index (κ1) is 80.1. The molecular weight excluding hydrogens is 1610 g/mol. The van der Waals surface area contributed by atoms with E-state index in [2.05, 4.69) is 558 Å². The zero-order valence-corrected chi connectivity index (χ0v) is 75.1. The molecule has 0 bridgehead atoms. The Bertz CT molecular complexity index is 7380. The van der Waals surface area contributed by atoms with Crippen LogP contribution < -0.4 is 62.2 Å². The summed E-state index contributed by atoms with van der Waals surface area (Å²) >= 11 is 0. The maximum atomic E-state index is 2.53. The van der Waals surface area contributed by atoms with Crippen molar-refractivity contribution in [3.8, 4) is 100 Å². The fraction of sp³-hybridized carbons (Fsp3) is 0.00787. The monoisotopic (exact) mass is 1700 g/mol. The van der Waals surface area contributed by atoms with Crippen molar-refractivity contribution in [2.45, 2.75) is 5.41 Å². The van der Waals surface area contributed by atoms with Crippen LogP contribution in [0.1, 0.15) is 22.3 Å². The van der Waals surface area contributed by atoms with Crippen LogP contribution >= 0.6 is 0 Å². The quantitative estimate of drug-likeness (QED) is 0.0469. The van der Waals surface area contributed by atoms with Gasteiger partial charge in [0.05, 0.1) is 5.41 Å². The van der Waals surface area contributed by atoms with Crippen molar-refractivity contribution < 1.29 is 0 Å². The molecule has 1 atom stereocenters. The number of hydrogen-bond donors (Lipinski definition) is 0. The minimum atomic E-state index is -3.17. The predicted molar refractivity (Wildman–Crippen MR) is 558 cm³/mol. The van der Waals surface area contributed by atoms with Crippen LogP contribution in [-0.4, -0.2) is 24.2 Å². The van der Waals surface area contributed by atoms with Gasteiger partial charge in [-0.05, 0) is 245 Å². The molecule has 1 aliphatic rings. The molecule has 3 heteroatoms. The summed E-state index contributed by atoms with van der Waals surface area (Å²) in [7, 11) is -9.16. The van der Waals surface area contributed by atoms with Crippen LogP contribution in [0.25, 0.3) is 100 Å². The Balaban J connectivity index is 0.685. The van der Waals surface area contributed by atoms with Crippen molar-refractivity contribution in [2.75, 3.05) is 0 Å². The average Bonchev–Trinajstić information content (AvgIpc) is 1.49. The summed E-state index contributed by atoms with van der Waals surface area (Å²) < 4.78 is 0. The Kier molecular flexibility index (Phi) is 21.5. The van der Waals surface area contributed by atoms with Gasteiger partial charge in [0.15, 0.2) is 24.2 Å². The Morgan fingerprint density at radius 1 is 0.108 bits per heavy atom. The van der Waals surface area contributed by atoms with Crippen molar-refractivity contribution in [2.24, 2.45) is 0 Å². The Labute approximate surface area is 766 Å². The third-order valence-electron chi connectivity index (χ3n) is 27.4. The smallest absolute Gasteiger partial charge is 0.0623 e. The van der Waals surface area contributed by atoms with Crippen molar-refractivity contribution in [3.63, 3.8) is 0 Å². The van der Waals surface area contributed by atoms with E-state index in [1.807, 2.05) is 0 Å². The van der Waals surface area contributed by atoms with Gasteiger partial charge in [0.25, 0.3) is 0 Å². The van der Waals surface area contributed by atoms with Crippen molar-refractivity contribution >= 4 is 86.5 Å². The molecule has 1 aliphatic carbocycles. The molecule has 0 heterocycles. The van der Waals surface area contributed by atoms with E-state index < -0.39 is 29.6 Å². The topological polar surface area (TPSA) is 0 Å². The van der Waals surface area contributed by atoms with E-state index in [0.717, 1.165) is 55.6 Å². The molecule has 0 radical (unpaired) electrons. The summed E-state index contributed by atoms with van der Waals surface area (Å²) in [5, 5.41) is 16.0. The van der Waals surface area contributed by atoms with Gasteiger partial charge in [-0.15, -0.1) is 0 Å². The van der Waals surface area contributed by atoms with E-state index >= 15 is 0 Å². The van der Waals surface area contributed by atoms with Gasteiger partial charge in [0, 0.05) is 0 Å². The number of rotatable bonds is 22. The molecule has 0 spiro atoms. The highest BCUT2D eigenvalue weighted by atomic mass is 28.3. The third kappa shape index (κ3) is 14.3. The van der Waals surface area contributed by atoms with Crippen LogP contribution in [0.3, 0.4) is 0 Å². The van der Waals surface area contributed by atoms with E-state index in [1.165, 1.54) is 129 Å². The highest BCUT2D eigenvalue weighted by Gasteiger charge is 2.49. The second-order valence-electron chi connectivity index (χ2n) is 34.4. The third-order valence-corrected chi connectivity index (χ3v) is 41.8. The standard InChI is InChI=1S/C127H92Si3/c1-12-39-93(40-13-1)98-47-36-48-99(83-98)100-49-37-51-109(90-100)127(125-68-35-34-67-123(125)124-82-71-102(92-126(124)127)94-41-14-2-15-42-94)110-52-38-50-101(91-110)106-85-104(96-45-18-4-19-46-96)87-108(89-106)107-86-103(95-43-16-3-17-44-95)84-105(88-107)97-69-72-118(73-70-97)129(114-59-26-8-27-60-114,115-61-28-9-29-62-115)120-78-80-122(81-79-120)130(116-63-30-10-31-64-116,117-65-32-11-33-66-117)121-76-74-119(75-77-121)128(111-53-20-5-21-54-111,112-55-22-6-23-56-112)113-57-24-7-25-58-113/h1-92H. The molecular formula is C127H92Si3. The molecule has 0 nitrogen and oxygen atoms in total. The zero-order valence-electron chi connectivity index (χ0n) is 72.1. The van der Waals surface area contributed by atoms with E-state index in [9.17, 15) is 0 Å². The van der Waals surface area contributed by atoms with E-state index in [1.54, 1.807) is 0 Å². The molecule has 0 aromatic heterocycles. The molecule has 0 amide bonds. The number of hydrogen-bond acceptors (Lipinski definition) is 0.